The number of benzene rings is 2. The predicted octanol–water partition coefficient (Wildman–Crippen LogP) is 3.93. The molecule has 4 nitrogen and oxygen atoms in total. The van der Waals surface area contributed by atoms with Crippen LogP contribution in [0.1, 0.15) is 11.1 Å². The topological polar surface area (TPSA) is 51.5 Å². The molecule has 22 heavy (non-hydrogen) atoms. The van der Waals surface area contributed by atoms with E-state index in [-0.39, 0.29) is 12.3 Å². The van der Waals surface area contributed by atoms with Gasteiger partial charge in [-0.2, -0.15) is 0 Å². The summed E-state index contributed by atoms with van der Waals surface area (Å²) in [6, 6.07) is 13.3. The smallest absolute Gasteiger partial charge is 0.228 e. The highest BCUT2D eigenvalue weighted by molar-refractivity contribution is 5.95. The number of nitrogens with one attached hydrogen (secondary N) is 1. The van der Waals surface area contributed by atoms with Gasteiger partial charge in [0.1, 0.15) is 11.3 Å². The highest BCUT2D eigenvalue weighted by Crippen LogP contribution is 2.23. The van der Waals surface area contributed by atoms with Crippen molar-refractivity contribution in [1.82, 2.24) is 0 Å². The van der Waals surface area contributed by atoms with Crippen LogP contribution < -0.4 is 10.1 Å². The second kappa shape index (κ2) is 5.93. The van der Waals surface area contributed by atoms with E-state index in [4.69, 9.17) is 9.15 Å². The normalized spacial score (nSPS) is 10.6. The van der Waals surface area contributed by atoms with Gasteiger partial charge in [-0.05, 0) is 30.7 Å². The van der Waals surface area contributed by atoms with Crippen molar-refractivity contribution < 1.29 is 13.9 Å². The second-order valence-corrected chi connectivity index (χ2v) is 5.22. The molecule has 0 atom stereocenters. The van der Waals surface area contributed by atoms with Crippen LogP contribution in [0.3, 0.4) is 0 Å². The molecule has 1 heterocycles. The molecule has 0 fully saturated rings. The first-order valence-electron chi connectivity index (χ1n) is 7.06. The summed E-state index contributed by atoms with van der Waals surface area (Å²) in [5.74, 6) is 0.624. The van der Waals surface area contributed by atoms with Crippen molar-refractivity contribution in [1.29, 1.82) is 0 Å². The molecule has 3 rings (SSSR count). The minimum atomic E-state index is -0.0865. The van der Waals surface area contributed by atoms with Crippen LogP contribution in [0.5, 0.6) is 5.75 Å². The summed E-state index contributed by atoms with van der Waals surface area (Å²) >= 11 is 0. The third-order valence-electron chi connectivity index (χ3n) is 3.52. The Balaban J connectivity index is 1.75. The molecule has 0 unspecified atom stereocenters. The third-order valence-corrected chi connectivity index (χ3v) is 3.52. The lowest BCUT2D eigenvalue weighted by Crippen LogP contribution is -2.14. The molecule has 112 valence electrons. The van der Waals surface area contributed by atoms with Gasteiger partial charge >= 0.3 is 0 Å². The Morgan fingerprint density at radius 1 is 1.23 bits per heavy atom. The maximum Gasteiger partial charge on any atom is 0.228 e. The summed E-state index contributed by atoms with van der Waals surface area (Å²) in [6.45, 7) is 2.01. The number of rotatable bonds is 4. The molecule has 0 radical (unpaired) electrons. The second-order valence-electron chi connectivity index (χ2n) is 5.22. The van der Waals surface area contributed by atoms with Crippen molar-refractivity contribution in [3.05, 3.63) is 59.9 Å². The average Bonchev–Trinajstić information content (AvgIpc) is 2.89. The predicted molar refractivity (Wildman–Crippen MR) is 86.3 cm³/mol. The van der Waals surface area contributed by atoms with Gasteiger partial charge in [0.05, 0.1) is 19.8 Å². The van der Waals surface area contributed by atoms with E-state index in [2.05, 4.69) is 5.32 Å². The van der Waals surface area contributed by atoms with Gasteiger partial charge in [-0.15, -0.1) is 0 Å². The highest BCUT2D eigenvalue weighted by atomic mass is 16.5. The number of methoxy groups -OCH3 is 1. The summed E-state index contributed by atoms with van der Waals surface area (Å²) in [4.78, 5) is 12.2. The molecule has 0 aliphatic heterocycles. The molecular formula is C18H17NO3. The lowest BCUT2D eigenvalue weighted by atomic mass is 10.1. The third kappa shape index (κ3) is 2.96. The average molecular weight is 295 g/mol. The molecule has 0 bridgehead atoms. The Labute approximate surface area is 128 Å². The summed E-state index contributed by atoms with van der Waals surface area (Å²) < 4.78 is 10.7. The number of amides is 1. The van der Waals surface area contributed by atoms with E-state index in [1.54, 1.807) is 19.4 Å². The Morgan fingerprint density at radius 3 is 2.91 bits per heavy atom. The van der Waals surface area contributed by atoms with Crippen molar-refractivity contribution >= 4 is 22.6 Å². The Kier molecular flexibility index (Phi) is 3.83. The van der Waals surface area contributed by atoms with Crippen LogP contribution >= 0.6 is 0 Å². The van der Waals surface area contributed by atoms with Gasteiger partial charge in [-0.25, -0.2) is 0 Å². The molecule has 0 spiro atoms. The van der Waals surface area contributed by atoms with E-state index in [9.17, 15) is 4.79 Å². The monoisotopic (exact) mass is 295 g/mol. The molecule has 1 N–H and O–H groups in total. The van der Waals surface area contributed by atoms with Gasteiger partial charge in [0.15, 0.2) is 0 Å². The number of fused-ring (bicyclic) bond motifs is 1. The highest BCUT2D eigenvalue weighted by Gasteiger charge is 2.11. The quantitative estimate of drug-likeness (QED) is 0.793. The van der Waals surface area contributed by atoms with Crippen molar-refractivity contribution in [3.8, 4) is 5.75 Å². The summed E-state index contributed by atoms with van der Waals surface area (Å²) in [6.07, 6.45) is 1.92. The zero-order valence-corrected chi connectivity index (χ0v) is 12.6. The van der Waals surface area contributed by atoms with Crippen molar-refractivity contribution in [2.45, 2.75) is 13.3 Å². The maximum absolute atomic E-state index is 12.2. The van der Waals surface area contributed by atoms with Gasteiger partial charge in [0.25, 0.3) is 0 Å². The number of furan rings is 1. The van der Waals surface area contributed by atoms with Gasteiger partial charge < -0.3 is 14.5 Å². The first-order valence-corrected chi connectivity index (χ1v) is 7.06. The SMILES string of the molecule is COc1cccc(NC(=O)Cc2coc3cc(C)ccc23)c1. The summed E-state index contributed by atoms with van der Waals surface area (Å²) in [7, 11) is 1.60. The van der Waals surface area contributed by atoms with Crippen LogP contribution in [0.25, 0.3) is 11.0 Å². The van der Waals surface area contributed by atoms with Crippen LogP contribution in [-0.2, 0) is 11.2 Å². The van der Waals surface area contributed by atoms with Gasteiger partial charge in [0, 0.05) is 22.7 Å². The van der Waals surface area contributed by atoms with Crippen molar-refractivity contribution in [3.63, 3.8) is 0 Å². The van der Waals surface area contributed by atoms with Crippen LogP contribution in [0.4, 0.5) is 5.69 Å². The Morgan fingerprint density at radius 2 is 2.09 bits per heavy atom. The number of aryl methyl sites for hydroxylation is 1. The van der Waals surface area contributed by atoms with E-state index in [0.717, 1.165) is 22.1 Å². The van der Waals surface area contributed by atoms with E-state index >= 15 is 0 Å². The zero-order valence-electron chi connectivity index (χ0n) is 12.6. The molecule has 0 saturated heterocycles. The maximum atomic E-state index is 12.2. The van der Waals surface area contributed by atoms with Crippen LogP contribution in [0, 0.1) is 6.92 Å². The Hall–Kier alpha value is -2.75. The molecule has 0 saturated carbocycles. The number of ether oxygens (including phenoxy) is 1. The first-order chi connectivity index (χ1) is 10.7. The van der Waals surface area contributed by atoms with E-state index < -0.39 is 0 Å². The molecule has 4 heteroatoms. The lowest BCUT2D eigenvalue weighted by molar-refractivity contribution is -0.115. The first kappa shape index (κ1) is 14.2. The lowest BCUT2D eigenvalue weighted by Gasteiger charge is -2.06. The fourth-order valence-electron chi connectivity index (χ4n) is 2.41. The molecule has 1 aromatic heterocycles. The van der Waals surface area contributed by atoms with Gasteiger partial charge in [-0.3, -0.25) is 4.79 Å². The van der Waals surface area contributed by atoms with Crippen molar-refractivity contribution in [2.24, 2.45) is 0 Å². The largest absolute Gasteiger partial charge is 0.497 e. The van der Waals surface area contributed by atoms with Crippen LogP contribution in [0.2, 0.25) is 0 Å². The number of hydrogen-bond donors (Lipinski definition) is 1. The fraction of sp³-hybridized carbons (Fsp3) is 0.167. The van der Waals surface area contributed by atoms with Crippen LogP contribution in [-0.4, -0.2) is 13.0 Å². The van der Waals surface area contributed by atoms with Crippen molar-refractivity contribution in [2.75, 3.05) is 12.4 Å². The number of anilines is 1. The molecular weight excluding hydrogens is 278 g/mol. The Bertz CT molecular complexity index is 820. The van der Waals surface area contributed by atoms with E-state index in [1.165, 1.54) is 0 Å². The molecule has 0 aliphatic carbocycles. The summed E-state index contributed by atoms with van der Waals surface area (Å²) in [5.41, 5.74) is 3.54. The van der Waals surface area contributed by atoms with Crippen LogP contribution in [0.15, 0.2) is 53.1 Å². The standard InChI is InChI=1S/C18H17NO3/c1-12-6-7-16-13(11-22-17(16)8-12)9-18(20)19-14-4-3-5-15(10-14)21-2/h3-8,10-11H,9H2,1-2H3,(H,19,20). The van der Waals surface area contributed by atoms with E-state index in [0.29, 0.717) is 11.4 Å². The van der Waals surface area contributed by atoms with E-state index in [1.807, 2.05) is 43.3 Å². The number of carbonyl (C=O) groups excluding carboxylic acids is 1. The summed E-state index contributed by atoms with van der Waals surface area (Å²) in [5, 5.41) is 3.85. The molecule has 3 aromatic rings. The van der Waals surface area contributed by atoms with Gasteiger partial charge in [0.2, 0.25) is 5.91 Å². The number of hydrogen-bond acceptors (Lipinski definition) is 3. The minimum Gasteiger partial charge on any atom is -0.497 e. The molecule has 0 aliphatic rings. The molecule has 2 aromatic carbocycles. The fourth-order valence-corrected chi connectivity index (χ4v) is 2.41. The van der Waals surface area contributed by atoms with Gasteiger partial charge in [-0.1, -0.05) is 18.2 Å². The zero-order chi connectivity index (χ0) is 15.5. The number of carbonyl (C=O) groups is 1. The minimum absolute atomic E-state index is 0.0865. The molecule has 1 amide bonds.